The Morgan fingerprint density at radius 1 is 1.12 bits per heavy atom. The van der Waals surface area contributed by atoms with Gasteiger partial charge in [-0.3, -0.25) is 9.59 Å². The second kappa shape index (κ2) is 10.9. The molecule has 2 amide bonds. The zero-order chi connectivity index (χ0) is 24.2. The summed E-state index contributed by atoms with van der Waals surface area (Å²) in [6.07, 6.45) is 2.42. The minimum Gasteiger partial charge on any atom is -0.330 e. The summed E-state index contributed by atoms with van der Waals surface area (Å²) < 4.78 is 13.6. The highest BCUT2D eigenvalue weighted by Gasteiger charge is 2.34. The van der Waals surface area contributed by atoms with Crippen LogP contribution in [0.4, 0.5) is 4.39 Å². The van der Waals surface area contributed by atoms with E-state index >= 15 is 0 Å². The average Bonchev–Trinajstić information content (AvgIpc) is 3.32. The summed E-state index contributed by atoms with van der Waals surface area (Å²) in [6, 6.07) is 12.8. The van der Waals surface area contributed by atoms with Crippen molar-refractivity contribution in [1.82, 2.24) is 9.80 Å². The molecule has 0 aliphatic carbocycles. The molecular weight excluding hydrogens is 494 g/mol. The predicted molar refractivity (Wildman–Crippen MR) is 135 cm³/mol. The molecule has 3 aromatic rings. The predicted octanol–water partition coefficient (Wildman–Crippen LogP) is 6.61. The maximum absolute atomic E-state index is 13.6. The molecule has 0 spiro atoms. The molecule has 1 aromatic heterocycles. The molecule has 0 N–H and O–H groups in total. The molecule has 0 fully saturated rings. The fraction of sp³-hybridized carbons (Fsp3) is 0.308. The fourth-order valence-electron chi connectivity index (χ4n) is 4.26. The molecule has 4 nitrogen and oxygen atoms in total. The number of hydrogen-bond acceptors (Lipinski definition) is 3. The van der Waals surface area contributed by atoms with E-state index in [-0.39, 0.29) is 30.2 Å². The van der Waals surface area contributed by atoms with Crippen molar-refractivity contribution in [1.29, 1.82) is 0 Å². The van der Waals surface area contributed by atoms with Crippen molar-refractivity contribution < 1.29 is 14.0 Å². The monoisotopic (exact) mass is 518 g/mol. The van der Waals surface area contributed by atoms with Gasteiger partial charge in [-0.1, -0.05) is 48.7 Å². The van der Waals surface area contributed by atoms with Crippen molar-refractivity contribution in [3.05, 3.63) is 91.3 Å². The van der Waals surface area contributed by atoms with Gasteiger partial charge in [0.15, 0.2) is 0 Å². The smallest absolute Gasteiger partial charge is 0.254 e. The second-order valence-electron chi connectivity index (χ2n) is 8.30. The van der Waals surface area contributed by atoms with Crippen LogP contribution in [-0.2, 0) is 11.2 Å². The lowest BCUT2D eigenvalue weighted by Crippen LogP contribution is -2.47. The highest BCUT2D eigenvalue weighted by atomic mass is 35.5. The van der Waals surface area contributed by atoms with Gasteiger partial charge in [0.2, 0.25) is 5.91 Å². The van der Waals surface area contributed by atoms with Crippen LogP contribution >= 0.6 is 34.5 Å². The first kappa shape index (κ1) is 24.7. The molecule has 2 heterocycles. The highest BCUT2D eigenvalue weighted by Crippen LogP contribution is 2.38. The Morgan fingerprint density at radius 2 is 1.88 bits per heavy atom. The Balaban J connectivity index is 1.61. The number of halogens is 3. The van der Waals surface area contributed by atoms with Gasteiger partial charge in [-0.15, -0.1) is 11.3 Å². The van der Waals surface area contributed by atoms with Crippen molar-refractivity contribution in [3.63, 3.8) is 0 Å². The Morgan fingerprint density at radius 3 is 2.59 bits per heavy atom. The average molecular weight is 519 g/mol. The van der Waals surface area contributed by atoms with Crippen LogP contribution in [0, 0.1) is 5.82 Å². The number of unbranched alkanes of at least 4 members (excludes halogenated alkanes) is 1. The third kappa shape index (κ3) is 5.29. The quantitative estimate of drug-likeness (QED) is 0.353. The molecule has 0 saturated carbocycles. The van der Waals surface area contributed by atoms with Crippen molar-refractivity contribution in [3.8, 4) is 0 Å². The summed E-state index contributed by atoms with van der Waals surface area (Å²) in [7, 11) is 0. The van der Waals surface area contributed by atoms with Gasteiger partial charge in [-0.2, -0.15) is 0 Å². The van der Waals surface area contributed by atoms with E-state index in [1.807, 2.05) is 23.3 Å². The molecule has 4 rings (SSSR count). The Kier molecular flexibility index (Phi) is 7.91. The molecule has 0 radical (unpaired) electrons. The SMILES string of the molecule is CCCCN(CC(=O)N1CCc2sccc2C1c1ccc(F)cc1)C(=O)c1ccc(Cl)c(Cl)c1. The minimum absolute atomic E-state index is 0.0454. The Labute approximate surface area is 212 Å². The van der Waals surface area contributed by atoms with Gasteiger partial charge >= 0.3 is 0 Å². The minimum atomic E-state index is -0.319. The zero-order valence-corrected chi connectivity index (χ0v) is 21.1. The van der Waals surface area contributed by atoms with Crippen LogP contribution in [0.25, 0.3) is 0 Å². The van der Waals surface area contributed by atoms with Crippen LogP contribution < -0.4 is 0 Å². The van der Waals surface area contributed by atoms with Gasteiger partial charge in [0, 0.05) is 23.5 Å². The second-order valence-corrected chi connectivity index (χ2v) is 10.1. The first-order valence-electron chi connectivity index (χ1n) is 11.2. The van der Waals surface area contributed by atoms with E-state index in [0.717, 1.165) is 30.4 Å². The maximum Gasteiger partial charge on any atom is 0.254 e. The number of carbonyl (C=O) groups is 2. The normalized spacial score (nSPS) is 15.2. The summed E-state index contributed by atoms with van der Waals surface area (Å²) in [4.78, 5) is 31.5. The molecule has 178 valence electrons. The van der Waals surface area contributed by atoms with Crippen LogP contribution in [0.2, 0.25) is 10.0 Å². The molecule has 1 aliphatic heterocycles. The number of rotatable bonds is 7. The van der Waals surface area contributed by atoms with Crippen molar-refractivity contribution in [2.75, 3.05) is 19.6 Å². The van der Waals surface area contributed by atoms with Gasteiger partial charge in [0.05, 0.1) is 16.1 Å². The number of nitrogens with zero attached hydrogens (tertiary/aromatic N) is 2. The van der Waals surface area contributed by atoms with Gasteiger partial charge in [-0.25, -0.2) is 4.39 Å². The molecule has 8 heteroatoms. The number of carbonyl (C=O) groups excluding carboxylic acids is 2. The Hall–Kier alpha value is -2.41. The van der Waals surface area contributed by atoms with Crippen LogP contribution in [0.1, 0.15) is 52.2 Å². The molecule has 2 aromatic carbocycles. The lowest BCUT2D eigenvalue weighted by atomic mass is 9.93. The third-order valence-corrected chi connectivity index (χ3v) is 7.77. The molecule has 1 aliphatic rings. The van der Waals surface area contributed by atoms with Gasteiger partial charge in [0.1, 0.15) is 12.4 Å². The molecule has 0 bridgehead atoms. The number of amides is 2. The molecule has 1 unspecified atom stereocenters. The lowest BCUT2D eigenvalue weighted by molar-refractivity contribution is -0.134. The van der Waals surface area contributed by atoms with Crippen LogP contribution in [0.3, 0.4) is 0 Å². The van der Waals surface area contributed by atoms with E-state index in [0.29, 0.717) is 28.7 Å². The third-order valence-electron chi connectivity index (χ3n) is 6.03. The number of thiophene rings is 1. The topological polar surface area (TPSA) is 40.6 Å². The van der Waals surface area contributed by atoms with Gasteiger partial charge < -0.3 is 9.80 Å². The Bertz CT molecular complexity index is 1180. The van der Waals surface area contributed by atoms with Crippen LogP contribution in [-0.4, -0.2) is 41.2 Å². The van der Waals surface area contributed by atoms with Crippen LogP contribution in [0.15, 0.2) is 53.9 Å². The first-order valence-corrected chi connectivity index (χ1v) is 12.9. The van der Waals surface area contributed by atoms with E-state index < -0.39 is 0 Å². The lowest BCUT2D eigenvalue weighted by Gasteiger charge is -2.37. The van der Waals surface area contributed by atoms with Crippen LogP contribution in [0.5, 0.6) is 0 Å². The van der Waals surface area contributed by atoms with Gasteiger partial charge in [0.25, 0.3) is 5.91 Å². The number of fused-ring (bicyclic) bond motifs is 1. The molecular formula is C26H25Cl2FN2O2S. The summed E-state index contributed by atoms with van der Waals surface area (Å²) >= 11 is 13.8. The summed E-state index contributed by atoms with van der Waals surface area (Å²) in [5.74, 6) is -0.719. The summed E-state index contributed by atoms with van der Waals surface area (Å²) in [5, 5.41) is 2.69. The van der Waals surface area contributed by atoms with E-state index in [4.69, 9.17) is 23.2 Å². The number of benzene rings is 2. The molecule has 34 heavy (non-hydrogen) atoms. The molecule has 1 atom stereocenters. The first-order chi connectivity index (χ1) is 16.4. The highest BCUT2D eigenvalue weighted by molar-refractivity contribution is 7.10. The maximum atomic E-state index is 13.6. The van der Waals surface area contributed by atoms with Gasteiger partial charge in [-0.05, 0) is 65.7 Å². The van der Waals surface area contributed by atoms with E-state index in [1.54, 1.807) is 40.5 Å². The molecule has 0 saturated heterocycles. The standard InChI is InChI=1S/C26H25Cl2FN2O2S/c1-2-3-12-30(26(33)18-6-9-21(27)22(28)15-18)16-24(32)31-13-10-23-20(11-14-34-23)25(31)17-4-7-19(29)8-5-17/h4-9,11,14-15,25H,2-3,10,12-13,16H2,1H3. The zero-order valence-electron chi connectivity index (χ0n) is 18.8. The number of hydrogen-bond donors (Lipinski definition) is 0. The largest absolute Gasteiger partial charge is 0.330 e. The summed E-state index contributed by atoms with van der Waals surface area (Å²) in [5.41, 5.74) is 2.31. The fourth-order valence-corrected chi connectivity index (χ4v) is 5.46. The summed E-state index contributed by atoms with van der Waals surface area (Å²) in [6.45, 7) is 2.99. The van der Waals surface area contributed by atoms with E-state index in [2.05, 4.69) is 0 Å². The van der Waals surface area contributed by atoms with Crippen molar-refractivity contribution in [2.24, 2.45) is 0 Å². The van der Waals surface area contributed by atoms with E-state index in [1.165, 1.54) is 23.1 Å². The van der Waals surface area contributed by atoms with E-state index in [9.17, 15) is 14.0 Å². The van der Waals surface area contributed by atoms with Crippen molar-refractivity contribution >= 4 is 46.4 Å². The van der Waals surface area contributed by atoms with Crippen molar-refractivity contribution in [2.45, 2.75) is 32.2 Å².